The Bertz CT molecular complexity index is 713. The molecule has 1 aromatic carbocycles. The molecule has 2 aromatic rings. The van der Waals surface area contributed by atoms with Crippen molar-refractivity contribution in [3.8, 4) is 5.69 Å². The SMILES string of the molecule is O=C(O)CN(C(=O)c1ccc(-n2cncn2)c(F)c1)C1CC1. The second-order valence-electron chi connectivity index (χ2n) is 5.06. The lowest BCUT2D eigenvalue weighted by atomic mass is 10.1. The highest BCUT2D eigenvalue weighted by Crippen LogP contribution is 2.28. The van der Waals surface area contributed by atoms with Crippen LogP contribution < -0.4 is 0 Å². The van der Waals surface area contributed by atoms with Crippen LogP contribution in [-0.4, -0.2) is 49.2 Å². The summed E-state index contributed by atoms with van der Waals surface area (Å²) in [6.07, 6.45) is 4.18. The average molecular weight is 304 g/mol. The first-order valence-electron chi connectivity index (χ1n) is 6.73. The normalized spacial score (nSPS) is 13.9. The maximum atomic E-state index is 14.1. The first kappa shape index (κ1) is 14.2. The molecule has 1 fully saturated rings. The van der Waals surface area contributed by atoms with E-state index in [0.29, 0.717) is 0 Å². The highest BCUT2D eigenvalue weighted by molar-refractivity contribution is 5.96. The fraction of sp³-hybridized carbons (Fsp3) is 0.286. The van der Waals surface area contributed by atoms with Crippen molar-refractivity contribution in [2.75, 3.05) is 6.54 Å². The summed E-state index contributed by atoms with van der Waals surface area (Å²) in [6, 6.07) is 3.90. The molecule has 1 N–H and O–H groups in total. The van der Waals surface area contributed by atoms with Crippen LogP contribution in [0.15, 0.2) is 30.9 Å². The number of carboxylic acid groups (broad SMARTS) is 1. The summed E-state index contributed by atoms with van der Waals surface area (Å²) in [5.74, 6) is -2.18. The highest BCUT2D eigenvalue weighted by atomic mass is 19.1. The maximum Gasteiger partial charge on any atom is 0.323 e. The minimum Gasteiger partial charge on any atom is -0.480 e. The van der Waals surface area contributed by atoms with Crippen LogP contribution in [0.5, 0.6) is 0 Å². The van der Waals surface area contributed by atoms with Crippen molar-refractivity contribution in [2.24, 2.45) is 0 Å². The lowest BCUT2D eigenvalue weighted by Gasteiger charge is -2.20. The third kappa shape index (κ3) is 2.80. The van der Waals surface area contributed by atoms with Crippen LogP contribution in [0.4, 0.5) is 4.39 Å². The van der Waals surface area contributed by atoms with Crippen LogP contribution >= 0.6 is 0 Å². The third-order valence-electron chi connectivity index (χ3n) is 3.41. The number of carboxylic acids is 1. The molecule has 1 aliphatic carbocycles. The second-order valence-corrected chi connectivity index (χ2v) is 5.06. The van der Waals surface area contributed by atoms with Crippen LogP contribution in [0.25, 0.3) is 5.69 Å². The molecule has 3 rings (SSSR count). The van der Waals surface area contributed by atoms with E-state index in [2.05, 4.69) is 10.1 Å². The average Bonchev–Trinajstić information content (AvgIpc) is 3.18. The van der Waals surface area contributed by atoms with E-state index in [0.717, 1.165) is 18.9 Å². The van der Waals surface area contributed by atoms with Crippen LogP contribution in [-0.2, 0) is 4.79 Å². The van der Waals surface area contributed by atoms with E-state index in [4.69, 9.17) is 5.11 Å². The van der Waals surface area contributed by atoms with Gasteiger partial charge in [0.1, 0.15) is 30.7 Å². The minimum absolute atomic E-state index is 0.0679. The van der Waals surface area contributed by atoms with E-state index in [1.165, 1.54) is 34.4 Å². The summed E-state index contributed by atoms with van der Waals surface area (Å²) in [7, 11) is 0. The molecule has 1 aliphatic rings. The predicted octanol–water partition coefficient (Wildman–Crippen LogP) is 1.10. The van der Waals surface area contributed by atoms with Gasteiger partial charge in [0.25, 0.3) is 5.91 Å². The van der Waals surface area contributed by atoms with Crippen molar-refractivity contribution in [2.45, 2.75) is 18.9 Å². The zero-order valence-electron chi connectivity index (χ0n) is 11.5. The predicted molar refractivity (Wildman–Crippen MR) is 73.0 cm³/mol. The molecule has 22 heavy (non-hydrogen) atoms. The molecule has 0 unspecified atom stereocenters. The fourth-order valence-corrected chi connectivity index (χ4v) is 2.22. The highest BCUT2D eigenvalue weighted by Gasteiger charge is 2.34. The van der Waals surface area contributed by atoms with E-state index in [1.54, 1.807) is 0 Å². The van der Waals surface area contributed by atoms with Crippen LogP contribution in [0.2, 0.25) is 0 Å². The number of aromatic nitrogens is 3. The van der Waals surface area contributed by atoms with Crippen molar-refractivity contribution in [3.63, 3.8) is 0 Å². The Hall–Kier alpha value is -2.77. The van der Waals surface area contributed by atoms with Crippen molar-refractivity contribution in [1.82, 2.24) is 19.7 Å². The van der Waals surface area contributed by atoms with Crippen molar-refractivity contribution in [3.05, 3.63) is 42.2 Å². The zero-order valence-corrected chi connectivity index (χ0v) is 11.5. The number of carbonyl (C=O) groups is 2. The van der Waals surface area contributed by atoms with Gasteiger partial charge < -0.3 is 10.0 Å². The van der Waals surface area contributed by atoms with Gasteiger partial charge in [-0.25, -0.2) is 14.1 Å². The zero-order chi connectivity index (χ0) is 15.7. The van der Waals surface area contributed by atoms with Gasteiger partial charge in [-0.1, -0.05) is 0 Å². The van der Waals surface area contributed by atoms with Gasteiger partial charge in [0.15, 0.2) is 0 Å². The van der Waals surface area contributed by atoms with Gasteiger partial charge in [0.05, 0.1) is 0 Å². The molecule has 0 aliphatic heterocycles. The number of rotatable bonds is 5. The molecular formula is C14H13FN4O3. The topological polar surface area (TPSA) is 88.3 Å². The summed E-state index contributed by atoms with van der Waals surface area (Å²) in [5.41, 5.74) is 0.291. The summed E-state index contributed by atoms with van der Waals surface area (Å²) in [6.45, 7) is -0.379. The van der Waals surface area contributed by atoms with Gasteiger partial charge in [-0.15, -0.1) is 0 Å². The van der Waals surface area contributed by atoms with Crippen molar-refractivity contribution < 1.29 is 19.1 Å². The molecule has 1 amide bonds. The Morgan fingerprint density at radius 3 is 2.73 bits per heavy atom. The van der Waals surface area contributed by atoms with E-state index >= 15 is 0 Å². The van der Waals surface area contributed by atoms with Gasteiger partial charge in [0, 0.05) is 11.6 Å². The summed E-state index contributed by atoms with van der Waals surface area (Å²) >= 11 is 0. The van der Waals surface area contributed by atoms with Crippen molar-refractivity contribution >= 4 is 11.9 Å². The second kappa shape index (κ2) is 5.55. The lowest BCUT2D eigenvalue weighted by Crippen LogP contribution is -2.37. The van der Waals surface area contributed by atoms with Crippen molar-refractivity contribution in [1.29, 1.82) is 0 Å². The Morgan fingerprint density at radius 2 is 2.18 bits per heavy atom. The van der Waals surface area contributed by atoms with Gasteiger partial charge in [-0.3, -0.25) is 9.59 Å². The molecule has 0 bridgehead atoms. The summed E-state index contributed by atoms with van der Waals surface area (Å²) in [4.78, 5) is 28.2. The molecule has 7 nitrogen and oxygen atoms in total. The number of benzene rings is 1. The standard InChI is InChI=1S/C14H13FN4O3/c15-11-5-9(1-4-12(11)19-8-16-7-17-19)14(22)18(6-13(20)21)10-2-3-10/h1,4-5,7-8,10H,2-3,6H2,(H,20,21). The van der Waals surface area contributed by atoms with Gasteiger partial charge in [-0.2, -0.15) is 5.10 Å². The fourth-order valence-electron chi connectivity index (χ4n) is 2.22. The monoisotopic (exact) mass is 304 g/mol. The number of aliphatic carboxylic acids is 1. The molecule has 0 saturated heterocycles. The van der Waals surface area contributed by atoms with Crippen LogP contribution in [0.1, 0.15) is 23.2 Å². The molecule has 1 aromatic heterocycles. The molecule has 8 heteroatoms. The molecular weight excluding hydrogens is 291 g/mol. The molecule has 0 radical (unpaired) electrons. The van der Waals surface area contributed by atoms with E-state index < -0.39 is 17.7 Å². The van der Waals surface area contributed by atoms with Crippen LogP contribution in [0, 0.1) is 5.82 Å². The third-order valence-corrected chi connectivity index (χ3v) is 3.41. The first-order chi connectivity index (χ1) is 10.6. The summed E-state index contributed by atoms with van der Waals surface area (Å²) in [5, 5.41) is 12.7. The van der Waals surface area contributed by atoms with E-state index in [-0.39, 0.29) is 23.8 Å². The van der Waals surface area contributed by atoms with Gasteiger partial charge >= 0.3 is 5.97 Å². The lowest BCUT2D eigenvalue weighted by molar-refractivity contribution is -0.137. The number of nitrogens with zero attached hydrogens (tertiary/aromatic N) is 4. The quantitative estimate of drug-likeness (QED) is 0.893. The number of amides is 1. The number of hydrogen-bond donors (Lipinski definition) is 1. The van der Waals surface area contributed by atoms with Crippen LogP contribution in [0.3, 0.4) is 0 Å². The Balaban J connectivity index is 1.86. The minimum atomic E-state index is -1.08. The molecule has 1 saturated carbocycles. The van der Waals surface area contributed by atoms with Gasteiger partial charge in [0.2, 0.25) is 0 Å². The summed E-state index contributed by atoms with van der Waals surface area (Å²) < 4.78 is 15.4. The first-order valence-corrected chi connectivity index (χ1v) is 6.73. The molecule has 114 valence electrons. The Labute approximate surface area is 125 Å². The van der Waals surface area contributed by atoms with E-state index in [1.807, 2.05) is 0 Å². The molecule has 0 atom stereocenters. The molecule has 0 spiro atoms. The maximum absolute atomic E-state index is 14.1. The smallest absolute Gasteiger partial charge is 0.323 e. The number of hydrogen-bond acceptors (Lipinski definition) is 4. The largest absolute Gasteiger partial charge is 0.480 e. The Morgan fingerprint density at radius 1 is 1.41 bits per heavy atom. The molecule has 1 heterocycles. The Kier molecular flexibility index (Phi) is 3.58. The number of carbonyl (C=O) groups excluding carboxylic acids is 1. The number of halogens is 1. The van der Waals surface area contributed by atoms with E-state index in [9.17, 15) is 14.0 Å². The van der Waals surface area contributed by atoms with Gasteiger partial charge in [-0.05, 0) is 31.0 Å².